The van der Waals surface area contributed by atoms with Crippen LogP contribution >= 0.6 is 15.9 Å². The van der Waals surface area contributed by atoms with Crippen LogP contribution in [0, 0.1) is 5.92 Å². The molecule has 1 saturated heterocycles. The van der Waals surface area contributed by atoms with E-state index in [1.807, 2.05) is 24.3 Å². The fourth-order valence-electron chi connectivity index (χ4n) is 2.60. The molecule has 0 radical (unpaired) electrons. The lowest BCUT2D eigenvalue weighted by molar-refractivity contribution is -0.141. The Hall–Kier alpha value is -1.56. The normalized spacial score (nSPS) is 21.7. The number of benzene rings is 1. The Morgan fingerprint density at radius 1 is 1.32 bits per heavy atom. The van der Waals surface area contributed by atoms with Crippen molar-refractivity contribution in [3.8, 4) is 0 Å². The third-order valence-electron chi connectivity index (χ3n) is 3.57. The molecule has 0 aromatic heterocycles. The number of ether oxygens (including phenoxy) is 1. The van der Waals surface area contributed by atoms with E-state index in [1.165, 1.54) is 4.90 Å². The van der Waals surface area contributed by atoms with Gasteiger partial charge in [-0.3, -0.25) is 4.79 Å². The van der Waals surface area contributed by atoms with Crippen molar-refractivity contribution in [3.05, 3.63) is 34.3 Å². The zero-order valence-corrected chi connectivity index (χ0v) is 14.5. The van der Waals surface area contributed by atoms with E-state index in [-0.39, 0.29) is 12.5 Å². The highest BCUT2D eigenvalue weighted by atomic mass is 79.9. The number of rotatable bonds is 2. The van der Waals surface area contributed by atoms with Crippen LogP contribution in [0.3, 0.4) is 0 Å². The minimum absolute atomic E-state index is 0.168. The fraction of sp³-hybridized carbons (Fsp3) is 0.500. The summed E-state index contributed by atoms with van der Waals surface area (Å²) < 4.78 is 6.24. The minimum Gasteiger partial charge on any atom is -0.481 e. The zero-order valence-electron chi connectivity index (χ0n) is 12.9. The maximum atomic E-state index is 12.2. The van der Waals surface area contributed by atoms with Gasteiger partial charge in [0.1, 0.15) is 5.60 Å². The van der Waals surface area contributed by atoms with Gasteiger partial charge in [0.25, 0.3) is 0 Å². The van der Waals surface area contributed by atoms with Crippen molar-refractivity contribution >= 4 is 28.0 Å². The Bertz CT molecular complexity index is 582. The number of carboxylic acids is 1. The maximum absolute atomic E-state index is 12.2. The molecular weight excluding hydrogens is 350 g/mol. The summed E-state index contributed by atoms with van der Waals surface area (Å²) in [5, 5.41) is 9.46. The maximum Gasteiger partial charge on any atom is 0.410 e. The van der Waals surface area contributed by atoms with Gasteiger partial charge in [-0.1, -0.05) is 28.1 Å². The Labute approximate surface area is 138 Å². The first-order valence-corrected chi connectivity index (χ1v) is 7.93. The molecule has 6 heteroatoms. The first-order valence-electron chi connectivity index (χ1n) is 7.13. The number of aliphatic carboxylic acids is 1. The number of hydrogen-bond acceptors (Lipinski definition) is 3. The van der Waals surface area contributed by atoms with E-state index < -0.39 is 23.6 Å². The molecule has 5 nitrogen and oxygen atoms in total. The number of hydrogen-bond donors (Lipinski definition) is 1. The van der Waals surface area contributed by atoms with Crippen molar-refractivity contribution in [1.29, 1.82) is 0 Å². The molecule has 0 unspecified atom stereocenters. The van der Waals surface area contributed by atoms with Crippen molar-refractivity contribution in [3.63, 3.8) is 0 Å². The predicted molar refractivity (Wildman–Crippen MR) is 85.8 cm³/mol. The van der Waals surface area contributed by atoms with E-state index >= 15 is 0 Å². The number of carbonyl (C=O) groups excluding carboxylic acids is 1. The second kappa shape index (κ2) is 6.28. The van der Waals surface area contributed by atoms with Gasteiger partial charge in [-0.2, -0.15) is 0 Å². The van der Waals surface area contributed by atoms with E-state index in [1.54, 1.807) is 20.8 Å². The summed E-state index contributed by atoms with van der Waals surface area (Å²) >= 11 is 3.40. The van der Waals surface area contributed by atoms with Gasteiger partial charge < -0.3 is 14.7 Å². The minimum atomic E-state index is -0.893. The summed E-state index contributed by atoms with van der Waals surface area (Å²) in [6.07, 6.45) is -0.462. The first-order chi connectivity index (χ1) is 10.2. The third-order valence-corrected chi connectivity index (χ3v) is 4.06. The van der Waals surface area contributed by atoms with Gasteiger partial charge in [-0.25, -0.2) is 4.79 Å². The second-order valence-electron chi connectivity index (χ2n) is 6.49. The molecule has 1 amide bonds. The lowest BCUT2D eigenvalue weighted by Gasteiger charge is -2.24. The number of carbonyl (C=O) groups is 2. The molecule has 0 aliphatic carbocycles. The Balaban J connectivity index is 2.20. The van der Waals surface area contributed by atoms with Crippen molar-refractivity contribution in [2.24, 2.45) is 5.92 Å². The lowest BCUT2D eigenvalue weighted by atomic mass is 9.89. The average Bonchev–Trinajstić information content (AvgIpc) is 2.82. The van der Waals surface area contributed by atoms with Crippen LogP contribution in [0.15, 0.2) is 28.7 Å². The lowest BCUT2D eigenvalue weighted by Crippen LogP contribution is -2.35. The van der Waals surface area contributed by atoms with Crippen LogP contribution in [-0.4, -0.2) is 40.8 Å². The van der Waals surface area contributed by atoms with Gasteiger partial charge in [0.05, 0.1) is 5.92 Å². The topological polar surface area (TPSA) is 66.8 Å². The number of amides is 1. The van der Waals surface area contributed by atoms with Crippen molar-refractivity contribution in [2.45, 2.75) is 32.3 Å². The number of nitrogens with zero attached hydrogens (tertiary/aromatic N) is 1. The van der Waals surface area contributed by atoms with Crippen molar-refractivity contribution in [2.75, 3.05) is 13.1 Å². The molecule has 1 aromatic rings. The summed E-state index contributed by atoms with van der Waals surface area (Å²) in [5.41, 5.74) is 0.316. The second-order valence-corrected chi connectivity index (χ2v) is 7.41. The van der Waals surface area contributed by atoms with E-state index in [0.717, 1.165) is 10.0 Å². The third kappa shape index (κ3) is 4.00. The van der Waals surface area contributed by atoms with Crippen molar-refractivity contribution in [1.82, 2.24) is 4.90 Å². The largest absolute Gasteiger partial charge is 0.481 e. The van der Waals surface area contributed by atoms with Gasteiger partial charge in [0.2, 0.25) is 0 Å². The molecule has 0 saturated carbocycles. The van der Waals surface area contributed by atoms with E-state index in [2.05, 4.69) is 15.9 Å². The number of likely N-dealkylation sites (tertiary alicyclic amines) is 1. The molecule has 22 heavy (non-hydrogen) atoms. The molecule has 120 valence electrons. The van der Waals surface area contributed by atoms with Crippen LogP contribution in [0.5, 0.6) is 0 Å². The van der Waals surface area contributed by atoms with E-state index in [9.17, 15) is 14.7 Å². The van der Waals surface area contributed by atoms with E-state index in [4.69, 9.17) is 4.74 Å². The predicted octanol–water partition coefficient (Wildman–Crippen LogP) is 3.48. The summed E-state index contributed by atoms with van der Waals surface area (Å²) in [6, 6.07) is 7.55. The quantitative estimate of drug-likeness (QED) is 0.866. The molecule has 1 N–H and O–H groups in total. The molecule has 2 atom stereocenters. The van der Waals surface area contributed by atoms with Gasteiger partial charge in [-0.15, -0.1) is 0 Å². The standard InChI is InChI=1S/C16H20BrNO4/c1-16(2,3)22-15(21)18-8-12(13(9-18)14(19)20)10-5-4-6-11(17)7-10/h4-7,12-13H,8-9H2,1-3H3,(H,19,20)/t12-,13-/m0/s1. The van der Waals surface area contributed by atoms with Gasteiger partial charge >= 0.3 is 12.1 Å². The molecule has 0 bridgehead atoms. The molecule has 1 fully saturated rings. The first kappa shape index (κ1) is 16.8. The molecular formula is C16H20BrNO4. The van der Waals surface area contributed by atoms with Crippen LogP contribution in [-0.2, 0) is 9.53 Å². The highest BCUT2D eigenvalue weighted by Gasteiger charge is 2.41. The SMILES string of the molecule is CC(C)(C)OC(=O)N1C[C@H](C(=O)O)[C@H](c2cccc(Br)c2)C1. The van der Waals surface area contributed by atoms with Gasteiger partial charge in [0.15, 0.2) is 0 Å². The average molecular weight is 370 g/mol. The zero-order chi connectivity index (χ0) is 16.5. The summed E-state index contributed by atoms with van der Waals surface area (Å²) in [4.78, 5) is 25.2. The summed E-state index contributed by atoms with van der Waals surface area (Å²) in [6.45, 7) is 5.90. The van der Waals surface area contributed by atoms with Crippen LogP contribution < -0.4 is 0 Å². The number of halogens is 1. The number of carboxylic acid groups (broad SMARTS) is 1. The highest BCUT2D eigenvalue weighted by Crippen LogP contribution is 2.34. The van der Waals surface area contributed by atoms with Crippen LogP contribution in [0.1, 0.15) is 32.3 Å². The van der Waals surface area contributed by atoms with Crippen LogP contribution in [0.25, 0.3) is 0 Å². The smallest absolute Gasteiger partial charge is 0.410 e. The molecule has 0 spiro atoms. The van der Waals surface area contributed by atoms with Crippen LogP contribution in [0.4, 0.5) is 4.79 Å². The monoisotopic (exact) mass is 369 g/mol. The Morgan fingerprint density at radius 2 is 2.00 bits per heavy atom. The summed E-state index contributed by atoms with van der Waals surface area (Å²) in [7, 11) is 0. The van der Waals surface area contributed by atoms with E-state index in [0.29, 0.717) is 6.54 Å². The molecule has 1 aromatic carbocycles. The highest BCUT2D eigenvalue weighted by molar-refractivity contribution is 9.10. The molecule has 1 aliphatic rings. The molecule has 2 rings (SSSR count). The molecule has 1 heterocycles. The fourth-order valence-corrected chi connectivity index (χ4v) is 3.02. The Kier molecular flexibility index (Phi) is 4.80. The Morgan fingerprint density at radius 3 is 2.55 bits per heavy atom. The summed E-state index contributed by atoms with van der Waals surface area (Å²) in [5.74, 6) is -1.75. The van der Waals surface area contributed by atoms with Gasteiger partial charge in [-0.05, 0) is 38.5 Å². The molecule has 1 aliphatic heterocycles. The van der Waals surface area contributed by atoms with Crippen LogP contribution in [0.2, 0.25) is 0 Å². The van der Waals surface area contributed by atoms with Crippen molar-refractivity contribution < 1.29 is 19.4 Å². The van der Waals surface area contributed by atoms with Gasteiger partial charge in [0, 0.05) is 23.5 Å².